The van der Waals surface area contributed by atoms with Crippen LogP contribution in [0.5, 0.6) is 0 Å². The fourth-order valence-electron chi connectivity index (χ4n) is 2.21. The molecule has 1 aromatic carbocycles. The Morgan fingerprint density at radius 3 is 2.75 bits per heavy atom. The third kappa shape index (κ3) is 3.40. The van der Waals surface area contributed by atoms with Crippen LogP contribution < -0.4 is 4.57 Å². The van der Waals surface area contributed by atoms with Gasteiger partial charge in [0.2, 0.25) is 5.52 Å². The summed E-state index contributed by atoms with van der Waals surface area (Å²) in [5, 5.41) is 1.23. The van der Waals surface area contributed by atoms with Crippen LogP contribution in [0.1, 0.15) is 38.3 Å². The van der Waals surface area contributed by atoms with E-state index in [0.29, 0.717) is 0 Å². The SMILES string of the molecule is C#CCC[n+]1c(C#CCCCC)ccc2ccccc21. The minimum absolute atomic E-state index is 0.725. The minimum atomic E-state index is 0.725. The number of fused-ring (bicyclic) bond motifs is 1. The van der Waals surface area contributed by atoms with Gasteiger partial charge >= 0.3 is 0 Å². The van der Waals surface area contributed by atoms with E-state index in [2.05, 4.69) is 65.7 Å². The molecule has 0 radical (unpaired) electrons. The predicted octanol–water partition coefficient (Wildman–Crippen LogP) is 3.69. The van der Waals surface area contributed by atoms with E-state index in [1.54, 1.807) is 0 Å². The third-order valence-corrected chi connectivity index (χ3v) is 3.29. The first-order chi connectivity index (χ1) is 9.86. The molecule has 0 amide bonds. The second-order valence-corrected chi connectivity index (χ2v) is 4.79. The lowest BCUT2D eigenvalue weighted by molar-refractivity contribution is -0.672. The molecule has 0 spiro atoms. The largest absolute Gasteiger partial charge is 0.257 e. The molecule has 1 heterocycles. The lowest BCUT2D eigenvalue weighted by Gasteiger charge is -2.02. The van der Waals surface area contributed by atoms with Crippen molar-refractivity contribution in [2.45, 2.75) is 39.2 Å². The summed E-state index contributed by atoms with van der Waals surface area (Å²) < 4.78 is 2.23. The van der Waals surface area contributed by atoms with E-state index in [0.717, 1.165) is 31.5 Å². The van der Waals surface area contributed by atoms with Gasteiger partial charge in [-0.25, -0.2) is 0 Å². The summed E-state index contributed by atoms with van der Waals surface area (Å²) in [4.78, 5) is 0. The standard InChI is InChI=1S/C19H20N/c1-3-5-7-8-12-18-15-14-17-11-9-10-13-19(17)20(18)16-6-4-2/h2,9-11,13-15H,3,5-7,16H2,1H3/q+1. The average Bonchev–Trinajstić information content (AvgIpc) is 2.50. The van der Waals surface area contributed by atoms with Crippen LogP contribution in [-0.2, 0) is 6.54 Å². The zero-order valence-electron chi connectivity index (χ0n) is 12.0. The maximum Gasteiger partial charge on any atom is 0.257 e. The van der Waals surface area contributed by atoms with Gasteiger partial charge in [-0.2, -0.15) is 4.57 Å². The molecule has 0 bridgehead atoms. The molecule has 1 heteroatoms. The first-order valence-corrected chi connectivity index (χ1v) is 7.20. The summed E-state index contributed by atoms with van der Waals surface area (Å²) in [6.45, 7) is 3.00. The van der Waals surface area contributed by atoms with E-state index in [1.165, 1.54) is 17.3 Å². The van der Waals surface area contributed by atoms with Gasteiger partial charge in [-0.15, -0.1) is 12.3 Å². The second-order valence-electron chi connectivity index (χ2n) is 4.79. The van der Waals surface area contributed by atoms with Gasteiger partial charge in [0.25, 0.3) is 5.69 Å². The Morgan fingerprint density at radius 2 is 1.95 bits per heavy atom. The van der Waals surface area contributed by atoms with E-state index >= 15 is 0 Å². The van der Waals surface area contributed by atoms with E-state index in [1.807, 2.05) is 0 Å². The highest BCUT2D eigenvalue weighted by atomic mass is 15.0. The van der Waals surface area contributed by atoms with Crippen molar-refractivity contribution in [2.75, 3.05) is 0 Å². The summed E-state index contributed by atoms with van der Waals surface area (Å²) in [5.74, 6) is 9.27. The van der Waals surface area contributed by atoms with E-state index in [-0.39, 0.29) is 0 Å². The van der Waals surface area contributed by atoms with Crippen LogP contribution in [0, 0.1) is 24.2 Å². The highest BCUT2D eigenvalue weighted by Crippen LogP contribution is 2.10. The molecule has 20 heavy (non-hydrogen) atoms. The molecule has 0 aliphatic carbocycles. The van der Waals surface area contributed by atoms with Crippen LogP contribution in [0.3, 0.4) is 0 Å². The van der Waals surface area contributed by atoms with Crippen LogP contribution in [0.25, 0.3) is 10.9 Å². The summed E-state index contributed by atoms with van der Waals surface area (Å²) in [5.41, 5.74) is 2.25. The predicted molar refractivity (Wildman–Crippen MR) is 84.0 cm³/mol. The Hall–Kier alpha value is -2.25. The molecule has 0 aliphatic rings. The minimum Gasteiger partial charge on any atom is -0.183 e. The van der Waals surface area contributed by atoms with E-state index < -0.39 is 0 Å². The van der Waals surface area contributed by atoms with Crippen molar-refractivity contribution in [3.8, 4) is 24.2 Å². The van der Waals surface area contributed by atoms with Crippen molar-refractivity contribution in [2.24, 2.45) is 0 Å². The van der Waals surface area contributed by atoms with Crippen LogP contribution in [0.4, 0.5) is 0 Å². The number of benzene rings is 1. The smallest absolute Gasteiger partial charge is 0.183 e. The molecule has 100 valence electrons. The number of aryl methyl sites for hydroxylation is 1. The normalized spacial score (nSPS) is 9.80. The zero-order valence-corrected chi connectivity index (χ0v) is 12.0. The molecule has 0 fully saturated rings. The molecule has 0 aliphatic heterocycles. The van der Waals surface area contributed by atoms with Gasteiger partial charge in [-0.1, -0.05) is 31.4 Å². The number of para-hydroxylation sites is 1. The lowest BCUT2D eigenvalue weighted by atomic mass is 10.1. The molecule has 0 unspecified atom stereocenters. The van der Waals surface area contributed by atoms with Crippen LogP contribution in [-0.4, -0.2) is 0 Å². The Balaban J connectivity index is 2.41. The lowest BCUT2D eigenvalue weighted by Crippen LogP contribution is -2.38. The molecular formula is C19H20N+. The number of pyridine rings is 1. The van der Waals surface area contributed by atoms with Crippen LogP contribution >= 0.6 is 0 Å². The van der Waals surface area contributed by atoms with Gasteiger partial charge in [0.05, 0.1) is 6.42 Å². The number of hydrogen-bond donors (Lipinski definition) is 0. The van der Waals surface area contributed by atoms with Crippen molar-refractivity contribution >= 4 is 10.9 Å². The topological polar surface area (TPSA) is 3.88 Å². The molecule has 0 atom stereocenters. The Labute approximate surface area is 121 Å². The van der Waals surface area contributed by atoms with Crippen molar-refractivity contribution in [3.05, 3.63) is 42.1 Å². The van der Waals surface area contributed by atoms with Gasteiger partial charge in [0.1, 0.15) is 0 Å². The molecule has 2 rings (SSSR count). The van der Waals surface area contributed by atoms with Crippen molar-refractivity contribution in [1.82, 2.24) is 0 Å². The fraction of sp³-hybridized carbons (Fsp3) is 0.316. The summed E-state index contributed by atoms with van der Waals surface area (Å²) >= 11 is 0. The van der Waals surface area contributed by atoms with Crippen molar-refractivity contribution in [3.63, 3.8) is 0 Å². The average molecular weight is 262 g/mol. The third-order valence-electron chi connectivity index (χ3n) is 3.29. The number of aromatic nitrogens is 1. The Kier molecular flexibility index (Phi) is 5.22. The summed E-state index contributed by atoms with van der Waals surface area (Å²) in [6.07, 6.45) is 9.43. The second kappa shape index (κ2) is 7.37. The molecule has 1 aromatic heterocycles. The molecular weight excluding hydrogens is 242 g/mol. The van der Waals surface area contributed by atoms with Gasteiger partial charge in [-0.3, -0.25) is 0 Å². The Bertz CT molecular complexity index is 680. The number of unbranched alkanes of at least 4 members (excludes halogenated alkanes) is 2. The number of rotatable bonds is 4. The molecule has 0 saturated heterocycles. The fourth-order valence-corrected chi connectivity index (χ4v) is 2.21. The van der Waals surface area contributed by atoms with Gasteiger partial charge in [0, 0.05) is 29.9 Å². The number of terminal acetylenes is 1. The summed E-state index contributed by atoms with van der Waals surface area (Å²) in [7, 11) is 0. The maximum absolute atomic E-state index is 5.41. The van der Waals surface area contributed by atoms with Crippen LogP contribution in [0.2, 0.25) is 0 Å². The highest BCUT2D eigenvalue weighted by Gasteiger charge is 2.12. The molecule has 2 aromatic rings. The van der Waals surface area contributed by atoms with Gasteiger partial charge < -0.3 is 0 Å². The first kappa shape index (κ1) is 14.2. The first-order valence-electron chi connectivity index (χ1n) is 7.20. The van der Waals surface area contributed by atoms with E-state index in [9.17, 15) is 0 Å². The monoisotopic (exact) mass is 262 g/mol. The maximum atomic E-state index is 5.41. The van der Waals surface area contributed by atoms with Gasteiger partial charge in [0.15, 0.2) is 6.54 Å². The van der Waals surface area contributed by atoms with E-state index in [4.69, 9.17) is 6.42 Å². The zero-order chi connectivity index (χ0) is 14.2. The molecule has 0 N–H and O–H groups in total. The highest BCUT2D eigenvalue weighted by molar-refractivity contribution is 5.75. The molecule has 0 saturated carbocycles. The number of nitrogens with zero attached hydrogens (tertiary/aromatic N) is 1. The van der Waals surface area contributed by atoms with Gasteiger partial charge in [-0.05, 0) is 18.6 Å². The van der Waals surface area contributed by atoms with Crippen molar-refractivity contribution in [1.29, 1.82) is 0 Å². The summed E-state index contributed by atoms with van der Waals surface area (Å²) in [6, 6.07) is 12.6. The molecule has 1 nitrogen and oxygen atoms in total. The Morgan fingerprint density at radius 1 is 1.10 bits per heavy atom. The quantitative estimate of drug-likeness (QED) is 0.449. The van der Waals surface area contributed by atoms with Crippen LogP contribution in [0.15, 0.2) is 36.4 Å². The van der Waals surface area contributed by atoms with Crippen molar-refractivity contribution < 1.29 is 4.57 Å². The number of hydrogen-bond acceptors (Lipinski definition) is 0.